The number of rotatable bonds is 3. The van der Waals surface area contributed by atoms with E-state index < -0.39 is 59.4 Å². The molecule has 2 bridgehead atoms. The van der Waals surface area contributed by atoms with E-state index in [2.05, 4.69) is 19.7 Å². The molecule has 8 unspecified atom stereocenters. The first-order valence-electron chi connectivity index (χ1n) is 8.54. The third-order valence-corrected chi connectivity index (χ3v) is 6.25. The van der Waals surface area contributed by atoms with Crippen molar-refractivity contribution in [2.45, 2.75) is 44.1 Å². The zero-order valence-electron chi connectivity index (χ0n) is 14.8. The normalized spacial score (nSPS) is 48.6. The Morgan fingerprint density at radius 2 is 2.12 bits per heavy atom. The van der Waals surface area contributed by atoms with Gasteiger partial charge in [0.25, 0.3) is 0 Å². The summed E-state index contributed by atoms with van der Waals surface area (Å²) in [5.74, 6) is -2.19. The van der Waals surface area contributed by atoms with Gasteiger partial charge in [-0.2, -0.15) is 0 Å². The van der Waals surface area contributed by atoms with E-state index in [1.165, 1.54) is 0 Å². The molecule has 4 aliphatic rings. The average Bonchev–Trinajstić information content (AvgIpc) is 3.32. The van der Waals surface area contributed by atoms with Crippen LogP contribution in [0.2, 0.25) is 0 Å². The second-order valence-corrected chi connectivity index (χ2v) is 7.77. The fraction of sp³-hybridized carbons (Fsp3) is 0.579. The average molecular weight is 362 g/mol. The molecule has 3 aliphatic heterocycles. The molecule has 3 heterocycles. The van der Waals surface area contributed by atoms with Crippen LogP contribution in [0.5, 0.6) is 0 Å². The van der Waals surface area contributed by atoms with E-state index in [4.69, 9.17) is 18.9 Å². The lowest BCUT2D eigenvalue weighted by molar-refractivity contribution is -0.314. The van der Waals surface area contributed by atoms with Crippen molar-refractivity contribution in [1.29, 1.82) is 0 Å². The smallest absolute Gasteiger partial charge is 0.334 e. The third kappa shape index (κ3) is 1.99. The maximum atomic E-state index is 12.3. The van der Waals surface area contributed by atoms with Crippen molar-refractivity contribution >= 4 is 11.9 Å². The summed E-state index contributed by atoms with van der Waals surface area (Å²) in [6, 6.07) is 0. The van der Waals surface area contributed by atoms with Crippen LogP contribution in [0, 0.1) is 17.3 Å². The van der Waals surface area contributed by atoms with Crippen molar-refractivity contribution in [3.8, 4) is 0 Å². The summed E-state index contributed by atoms with van der Waals surface area (Å²) in [7, 11) is 0. The van der Waals surface area contributed by atoms with Gasteiger partial charge in [-0.05, 0) is 6.92 Å². The summed E-state index contributed by atoms with van der Waals surface area (Å²) in [5.41, 5.74) is -1.30. The van der Waals surface area contributed by atoms with E-state index in [-0.39, 0.29) is 17.8 Å². The van der Waals surface area contributed by atoms with E-state index in [1.807, 2.05) is 6.92 Å². The highest BCUT2D eigenvalue weighted by atomic mass is 16.7. The molecule has 0 aromatic carbocycles. The monoisotopic (exact) mass is 362 g/mol. The van der Waals surface area contributed by atoms with Crippen LogP contribution in [0.3, 0.4) is 0 Å². The summed E-state index contributed by atoms with van der Waals surface area (Å²) in [6.45, 7) is 15.1. The number of epoxide rings is 1. The second kappa shape index (κ2) is 5.28. The Kier molecular flexibility index (Phi) is 3.54. The Morgan fingerprint density at radius 3 is 2.65 bits per heavy atom. The summed E-state index contributed by atoms with van der Waals surface area (Å²) in [5, 5.41) is 10.5. The van der Waals surface area contributed by atoms with Gasteiger partial charge in [0.15, 0.2) is 6.29 Å². The minimum absolute atomic E-state index is 0.228. The Morgan fingerprint density at radius 1 is 1.46 bits per heavy atom. The zero-order chi connectivity index (χ0) is 19.0. The molecule has 0 aromatic rings. The lowest BCUT2D eigenvalue weighted by Gasteiger charge is -2.58. The summed E-state index contributed by atoms with van der Waals surface area (Å²) < 4.78 is 22.7. The molecule has 1 N–H and O–H groups in total. The first-order chi connectivity index (χ1) is 12.2. The van der Waals surface area contributed by atoms with Gasteiger partial charge in [-0.3, -0.25) is 0 Å². The molecule has 0 radical (unpaired) electrons. The van der Waals surface area contributed by atoms with Gasteiger partial charge in [0.1, 0.15) is 23.9 Å². The Balaban J connectivity index is 1.86. The first kappa shape index (κ1) is 17.5. The molecule has 4 rings (SSSR count). The van der Waals surface area contributed by atoms with Gasteiger partial charge in [-0.1, -0.05) is 26.2 Å². The first-order valence-corrected chi connectivity index (χ1v) is 8.54. The van der Waals surface area contributed by atoms with Crippen LogP contribution in [0.25, 0.3) is 0 Å². The molecule has 8 atom stereocenters. The number of carbonyl (C=O) groups is 2. The summed E-state index contributed by atoms with van der Waals surface area (Å²) in [4.78, 5) is 24.5. The summed E-state index contributed by atoms with van der Waals surface area (Å²) in [6.07, 6.45) is -1.69. The highest BCUT2D eigenvalue weighted by Crippen LogP contribution is 2.63. The molecule has 0 amide bonds. The third-order valence-electron chi connectivity index (χ3n) is 6.25. The Hall–Kier alpha value is -1.96. The van der Waals surface area contributed by atoms with Gasteiger partial charge in [-0.25, -0.2) is 9.59 Å². The minimum atomic E-state index is -1.22. The van der Waals surface area contributed by atoms with E-state index in [0.29, 0.717) is 0 Å². The molecule has 1 aliphatic carbocycles. The molecule has 3 saturated heterocycles. The van der Waals surface area contributed by atoms with Crippen molar-refractivity contribution in [3.63, 3.8) is 0 Å². The van der Waals surface area contributed by atoms with Crippen molar-refractivity contribution in [2.75, 3.05) is 6.61 Å². The molecule has 4 fully saturated rings. The van der Waals surface area contributed by atoms with Crippen LogP contribution >= 0.6 is 0 Å². The molecular formula is C19H22O7. The topological polar surface area (TPSA) is 94.6 Å². The minimum Gasteiger partial charge on any atom is -0.458 e. The quantitative estimate of drug-likeness (QED) is 0.345. The van der Waals surface area contributed by atoms with Crippen molar-refractivity contribution in [1.82, 2.24) is 0 Å². The second-order valence-electron chi connectivity index (χ2n) is 7.77. The maximum Gasteiger partial charge on any atom is 0.334 e. The molecular weight excluding hydrogens is 340 g/mol. The number of hydrogen-bond donors (Lipinski definition) is 1. The van der Waals surface area contributed by atoms with Crippen LogP contribution in [0.15, 0.2) is 37.0 Å². The van der Waals surface area contributed by atoms with Gasteiger partial charge in [0.2, 0.25) is 0 Å². The predicted octanol–water partition coefficient (Wildman–Crippen LogP) is 0.880. The molecule has 1 spiro atoms. The standard InChI is InChI=1S/C19H22O7/c1-6-18(5)13-11(24-15(20)8(2)3)10-9(4)16(21)25-12(10)14(18)26-17(22)19(13)7-23-19/h6,10-14,17,22H,1-2,4,7H2,3,5H3. The fourth-order valence-electron chi connectivity index (χ4n) is 4.78. The van der Waals surface area contributed by atoms with Crippen molar-refractivity contribution in [2.24, 2.45) is 17.3 Å². The number of esters is 2. The lowest BCUT2D eigenvalue weighted by atomic mass is 9.54. The predicted molar refractivity (Wildman–Crippen MR) is 88.6 cm³/mol. The number of carbonyl (C=O) groups excluding carboxylic acids is 2. The highest BCUT2D eigenvalue weighted by molar-refractivity contribution is 5.92. The number of hydrogen-bond acceptors (Lipinski definition) is 7. The SMILES string of the molecule is C=CC1(C)C2OC(O)C3(CO3)C1C(OC(=O)C(=C)C)C1C(=C)C(=O)OC12. The molecule has 7 heteroatoms. The molecule has 26 heavy (non-hydrogen) atoms. The zero-order valence-corrected chi connectivity index (χ0v) is 14.8. The number of aliphatic hydroxyl groups is 1. The highest BCUT2D eigenvalue weighted by Gasteiger charge is 2.77. The van der Waals surface area contributed by atoms with Gasteiger partial charge < -0.3 is 24.1 Å². The van der Waals surface area contributed by atoms with Crippen molar-refractivity contribution in [3.05, 3.63) is 37.0 Å². The molecule has 140 valence electrons. The van der Waals surface area contributed by atoms with Crippen LogP contribution in [-0.4, -0.2) is 53.9 Å². The van der Waals surface area contributed by atoms with E-state index in [0.717, 1.165) is 0 Å². The van der Waals surface area contributed by atoms with Gasteiger partial charge in [-0.15, -0.1) is 6.58 Å². The van der Waals surface area contributed by atoms with Crippen LogP contribution < -0.4 is 0 Å². The summed E-state index contributed by atoms with van der Waals surface area (Å²) >= 11 is 0. The van der Waals surface area contributed by atoms with E-state index in [9.17, 15) is 14.7 Å². The lowest BCUT2D eigenvalue weighted by Crippen LogP contribution is -2.71. The molecule has 0 aromatic heterocycles. The van der Waals surface area contributed by atoms with Crippen molar-refractivity contribution < 1.29 is 33.6 Å². The van der Waals surface area contributed by atoms with Gasteiger partial charge in [0, 0.05) is 22.5 Å². The fourth-order valence-corrected chi connectivity index (χ4v) is 4.78. The van der Waals surface area contributed by atoms with E-state index >= 15 is 0 Å². The van der Waals surface area contributed by atoms with Gasteiger partial charge >= 0.3 is 11.9 Å². The van der Waals surface area contributed by atoms with Crippen LogP contribution in [0.4, 0.5) is 0 Å². The Bertz CT molecular complexity index is 736. The maximum absolute atomic E-state index is 12.3. The molecule has 1 saturated carbocycles. The van der Waals surface area contributed by atoms with Gasteiger partial charge in [0.05, 0.1) is 12.5 Å². The Labute approximate surface area is 151 Å². The number of ether oxygens (including phenoxy) is 4. The van der Waals surface area contributed by atoms with Crippen LogP contribution in [0.1, 0.15) is 13.8 Å². The number of aliphatic hydroxyl groups excluding tert-OH is 1. The number of fused-ring (bicyclic) bond motifs is 5. The largest absolute Gasteiger partial charge is 0.458 e. The van der Waals surface area contributed by atoms with Crippen LogP contribution in [-0.2, 0) is 28.5 Å². The van der Waals surface area contributed by atoms with E-state index in [1.54, 1.807) is 13.0 Å². The molecule has 7 nitrogen and oxygen atoms in total.